The summed E-state index contributed by atoms with van der Waals surface area (Å²) in [6.45, 7) is 0. The van der Waals surface area contributed by atoms with E-state index in [4.69, 9.17) is 39.9 Å². The number of hydrogen-bond donors (Lipinski definition) is 3. The van der Waals surface area contributed by atoms with Crippen molar-refractivity contribution < 1.29 is 29.4 Å². The lowest BCUT2D eigenvalue weighted by Gasteiger charge is -2.49. The number of alkyl halides is 1. The van der Waals surface area contributed by atoms with Crippen LogP contribution in [-0.4, -0.2) is 67.7 Å². The van der Waals surface area contributed by atoms with Crippen molar-refractivity contribution in [1.29, 1.82) is 0 Å². The van der Waals surface area contributed by atoms with Gasteiger partial charge in [0, 0.05) is 27.6 Å². The zero-order valence-corrected chi connectivity index (χ0v) is 19.9. The third-order valence-corrected chi connectivity index (χ3v) is 8.01. The maximum atomic E-state index is 12.5. The summed E-state index contributed by atoms with van der Waals surface area (Å²) in [7, 11) is 0. The molecule has 8 nitrogen and oxygen atoms in total. The van der Waals surface area contributed by atoms with Crippen molar-refractivity contribution in [2.45, 2.75) is 16.3 Å². The van der Waals surface area contributed by atoms with E-state index in [9.17, 15) is 24.3 Å². The first kappa shape index (κ1) is 24.8. The molecule has 170 valence electrons. The van der Waals surface area contributed by atoms with Crippen molar-refractivity contribution in [3.05, 3.63) is 45.1 Å². The highest BCUT2D eigenvalue weighted by Crippen LogP contribution is 2.40. The lowest BCUT2D eigenvalue weighted by Crippen LogP contribution is -2.70. The second-order valence-electron chi connectivity index (χ2n) is 6.61. The summed E-state index contributed by atoms with van der Waals surface area (Å²) in [6, 6.07) is 2.18. The summed E-state index contributed by atoms with van der Waals surface area (Å²) in [5, 5.41) is 20.8. The van der Waals surface area contributed by atoms with Crippen molar-refractivity contribution >= 4 is 88.2 Å². The van der Waals surface area contributed by atoms with Gasteiger partial charge in [-0.05, 0) is 29.3 Å². The molecular weight excluding hydrogens is 523 g/mol. The smallest absolute Gasteiger partial charge is 0.352 e. The van der Waals surface area contributed by atoms with E-state index in [0.29, 0.717) is 21.8 Å². The Balaban J connectivity index is 1.61. The van der Waals surface area contributed by atoms with Crippen molar-refractivity contribution in [2.24, 2.45) is 0 Å². The number of rotatable bonds is 8. The van der Waals surface area contributed by atoms with Gasteiger partial charge in [0.25, 0.3) is 5.91 Å². The van der Waals surface area contributed by atoms with E-state index >= 15 is 0 Å². The molecule has 0 unspecified atom stereocenters. The van der Waals surface area contributed by atoms with Crippen LogP contribution in [0.5, 0.6) is 0 Å². The summed E-state index contributed by atoms with van der Waals surface area (Å²) in [5.41, 5.74) is 0.760. The Labute approximate surface area is 205 Å². The van der Waals surface area contributed by atoms with E-state index in [1.807, 2.05) is 0 Å². The summed E-state index contributed by atoms with van der Waals surface area (Å²) in [5.74, 6) is -2.98. The van der Waals surface area contributed by atoms with Crippen LogP contribution in [0.15, 0.2) is 34.4 Å². The molecule has 1 aromatic carbocycles. The summed E-state index contributed by atoms with van der Waals surface area (Å²) < 4.78 is 0. The Bertz CT molecular complexity index is 1060. The van der Waals surface area contributed by atoms with E-state index in [0.717, 1.165) is 22.7 Å². The largest absolute Gasteiger partial charge is 0.478 e. The van der Waals surface area contributed by atoms with Gasteiger partial charge in [-0.15, -0.1) is 35.1 Å². The Morgan fingerprint density at radius 3 is 2.59 bits per heavy atom. The molecule has 2 aliphatic heterocycles. The molecule has 0 saturated carbocycles. The number of hydrogen-bond acceptors (Lipinski definition) is 6. The van der Waals surface area contributed by atoms with Crippen LogP contribution in [-0.2, 0) is 19.2 Å². The first-order chi connectivity index (χ1) is 15.1. The first-order valence-corrected chi connectivity index (χ1v) is 12.2. The third kappa shape index (κ3) is 5.20. The topological polar surface area (TPSA) is 124 Å². The number of benzene rings is 1. The monoisotopic (exact) mass is 536 g/mol. The van der Waals surface area contributed by atoms with E-state index < -0.39 is 35.2 Å². The normalized spacial score (nSPS) is 20.2. The maximum Gasteiger partial charge on any atom is 0.352 e. The minimum absolute atomic E-state index is 0.00695. The van der Waals surface area contributed by atoms with Crippen LogP contribution in [0.1, 0.15) is 5.56 Å². The van der Waals surface area contributed by atoms with Gasteiger partial charge in [-0.25, -0.2) is 9.59 Å². The predicted octanol–water partition coefficient (Wildman–Crippen LogP) is 3.16. The molecule has 0 bridgehead atoms. The molecule has 2 atom stereocenters. The number of aliphatic carboxylic acids is 2. The van der Waals surface area contributed by atoms with Crippen LogP contribution in [0.4, 0.5) is 0 Å². The van der Waals surface area contributed by atoms with E-state index in [1.54, 1.807) is 0 Å². The second kappa shape index (κ2) is 10.4. The highest BCUT2D eigenvalue weighted by Gasteiger charge is 2.54. The van der Waals surface area contributed by atoms with Gasteiger partial charge >= 0.3 is 11.9 Å². The molecule has 0 radical (unpaired) electrons. The van der Waals surface area contributed by atoms with Crippen LogP contribution in [0.3, 0.4) is 0 Å². The Morgan fingerprint density at radius 2 is 1.97 bits per heavy atom. The van der Waals surface area contributed by atoms with Gasteiger partial charge in [0.05, 0.1) is 10.8 Å². The number of carboxylic acids is 2. The molecule has 0 aliphatic carbocycles. The number of fused-ring (bicyclic) bond motifs is 1. The highest BCUT2D eigenvalue weighted by atomic mass is 35.5. The van der Waals surface area contributed by atoms with Gasteiger partial charge in [-0.3, -0.25) is 14.5 Å². The maximum absolute atomic E-state index is 12.5. The van der Waals surface area contributed by atoms with Crippen molar-refractivity contribution in [3.63, 3.8) is 0 Å². The molecule has 32 heavy (non-hydrogen) atoms. The molecule has 1 fully saturated rings. The number of carbonyl (C=O) groups is 4. The number of thioether (sulfide) groups is 2. The van der Waals surface area contributed by atoms with Crippen LogP contribution in [0.2, 0.25) is 10.0 Å². The van der Waals surface area contributed by atoms with Crippen LogP contribution in [0.25, 0.3) is 6.08 Å². The Hall–Kier alpha value is -1.85. The fourth-order valence-corrected chi connectivity index (χ4v) is 6.16. The summed E-state index contributed by atoms with van der Waals surface area (Å²) in [4.78, 5) is 48.7. The molecule has 2 heterocycles. The van der Waals surface area contributed by atoms with Crippen molar-refractivity contribution in [3.8, 4) is 0 Å². The van der Waals surface area contributed by atoms with Crippen molar-refractivity contribution in [1.82, 2.24) is 10.2 Å². The van der Waals surface area contributed by atoms with Gasteiger partial charge in [0.2, 0.25) is 5.91 Å². The van der Waals surface area contributed by atoms with Crippen LogP contribution in [0, 0.1) is 0 Å². The first-order valence-electron chi connectivity index (χ1n) is 8.92. The molecule has 3 N–H and O–H groups in total. The average Bonchev–Trinajstić information content (AvgIpc) is 2.75. The quantitative estimate of drug-likeness (QED) is 0.200. The number of nitrogens with one attached hydrogen (secondary N) is 1. The molecule has 2 amide bonds. The van der Waals surface area contributed by atoms with Gasteiger partial charge < -0.3 is 15.5 Å². The van der Waals surface area contributed by atoms with Gasteiger partial charge in [-0.2, -0.15) is 0 Å². The number of β-lactam (4-membered cyclic amide) rings is 1. The van der Waals surface area contributed by atoms with E-state index in [1.165, 1.54) is 30.0 Å². The highest BCUT2D eigenvalue weighted by molar-refractivity contribution is 8.00. The number of amides is 2. The molecule has 13 heteroatoms. The Morgan fingerprint density at radius 1 is 1.25 bits per heavy atom. The van der Waals surface area contributed by atoms with E-state index in [2.05, 4.69) is 5.32 Å². The lowest BCUT2D eigenvalue weighted by molar-refractivity contribution is -0.150. The SMILES string of the molecule is O=C(O)/C=C/c1cc(Cl)c(SCC(=O)N[C@@H]2C(=O)N3C(C(=O)O)=C(CCl)CS[C@H]23)cc1Cl. The molecule has 3 rings (SSSR count). The average molecular weight is 538 g/mol. The number of nitrogens with zero attached hydrogens (tertiary/aromatic N) is 1. The minimum atomic E-state index is -1.23. The summed E-state index contributed by atoms with van der Waals surface area (Å²) in [6.07, 6.45) is 2.24. The molecule has 1 aromatic rings. The van der Waals surface area contributed by atoms with Crippen molar-refractivity contribution in [2.75, 3.05) is 17.4 Å². The standard InChI is InChI=1S/C19H15Cl3N2O6S2/c20-5-9-6-32-18-15(17(28)24(18)16(9)19(29)30)23-13(25)7-31-12-4-10(21)8(3-11(12)22)1-2-14(26)27/h1-4,15,18H,5-7H2,(H,23,25)(H,26,27)(H,29,30)/b2-1+/t15-,18-/m1/s1. The zero-order valence-electron chi connectivity index (χ0n) is 16.0. The fourth-order valence-electron chi connectivity index (χ4n) is 3.09. The molecule has 0 spiro atoms. The second-order valence-corrected chi connectivity index (χ2v) is 9.81. The van der Waals surface area contributed by atoms with Gasteiger partial charge in [0.1, 0.15) is 17.1 Å². The molecule has 0 aromatic heterocycles. The predicted molar refractivity (Wildman–Crippen MR) is 124 cm³/mol. The van der Waals surface area contributed by atoms with Crippen LogP contribution >= 0.6 is 58.3 Å². The molecular formula is C19H15Cl3N2O6S2. The van der Waals surface area contributed by atoms with E-state index in [-0.39, 0.29) is 27.4 Å². The molecule has 2 aliphatic rings. The minimum Gasteiger partial charge on any atom is -0.478 e. The Kier molecular flexibility index (Phi) is 8.05. The lowest BCUT2D eigenvalue weighted by atomic mass is 10.0. The molecule has 1 saturated heterocycles. The summed E-state index contributed by atoms with van der Waals surface area (Å²) >= 11 is 20.6. The van der Waals surface area contributed by atoms with Gasteiger partial charge in [0.15, 0.2) is 0 Å². The number of carbonyl (C=O) groups excluding carboxylic acids is 2. The zero-order chi connectivity index (χ0) is 23.6. The number of halogens is 3. The van der Waals surface area contributed by atoms with Crippen LogP contribution < -0.4 is 5.32 Å². The van der Waals surface area contributed by atoms with Gasteiger partial charge in [-0.1, -0.05) is 23.2 Å². The fraction of sp³-hybridized carbons (Fsp3) is 0.263. The third-order valence-electron chi connectivity index (χ3n) is 4.54. The number of carboxylic acid groups (broad SMARTS) is 2.